The van der Waals surface area contributed by atoms with Crippen molar-refractivity contribution in [3.05, 3.63) is 95.8 Å². The summed E-state index contributed by atoms with van der Waals surface area (Å²) in [5.74, 6) is -1.14. The van der Waals surface area contributed by atoms with Gasteiger partial charge in [-0.3, -0.25) is 13.9 Å². The lowest BCUT2D eigenvalue weighted by Gasteiger charge is -2.32. The highest BCUT2D eigenvalue weighted by molar-refractivity contribution is 7.92. The third-order valence-electron chi connectivity index (χ3n) is 6.05. The number of para-hydroxylation sites is 1. The van der Waals surface area contributed by atoms with Crippen LogP contribution in [-0.2, 0) is 26.2 Å². The predicted molar refractivity (Wildman–Crippen MR) is 146 cm³/mol. The van der Waals surface area contributed by atoms with E-state index in [4.69, 9.17) is 0 Å². The highest BCUT2D eigenvalue weighted by atomic mass is 32.2. The van der Waals surface area contributed by atoms with Crippen LogP contribution in [0.25, 0.3) is 0 Å². The number of anilines is 1. The summed E-state index contributed by atoms with van der Waals surface area (Å²) in [7, 11) is -4.11. The molecular formula is C29H34FN3O4S. The van der Waals surface area contributed by atoms with Gasteiger partial charge in [0.2, 0.25) is 11.8 Å². The minimum Gasteiger partial charge on any atom is -0.354 e. The Kier molecular flexibility index (Phi) is 9.63. The van der Waals surface area contributed by atoms with Crippen LogP contribution in [0.3, 0.4) is 0 Å². The van der Waals surface area contributed by atoms with Crippen molar-refractivity contribution in [2.24, 2.45) is 5.92 Å². The van der Waals surface area contributed by atoms with E-state index in [2.05, 4.69) is 5.32 Å². The van der Waals surface area contributed by atoms with Gasteiger partial charge in [-0.05, 0) is 61.7 Å². The van der Waals surface area contributed by atoms with Crippen LogP contribution in [0.5, 0.6) is 0 Å². The van der Waals surface area contributed by atoms with Crippen molar-refractivity contribution in [1.82, 2.24) is 10.2 Å². The molecule has 7 nitrogen and oxygen atoms in total. The number of rotatable bonds is 11. The molecule has 0 spiro atoms. The summed E-state index contributed by atoms with van der Waals surface area (Å²) in [5, 5.41) is 2.83. The highest BCUT2D eigenvalue weighted by Crippen LogP contribution is 2.24. The molecule has 0 saturated heterocycles. The predicted octanol–water partition coefficient (Wildman–Crippen LogP) is 4.52. The second-order valence-corrected chi connectivity index (χ2v) is 11.5. The van der Waals surface area contributed by atoms with Gasteiger partial charge in [0.1, 0.15) is 18.4 Å². The summed E-state index contributed by atoms with van der Waals surface area (Å²) in [6.45, 7) is 7.28. The molecule has 2 amide bonds. The molecule has 0 aromatic heterocycles. The topological polar surface area (TPSA) is 86.8 Å². The lowest BCUT2D eigenvalue weighted by molar-refractivity contribution is -0.139. The lowest BCUT2D eigenvalue weighted by Crippen LogP contribution is -2.51. The molecule has 202 valence electrons. The summed E-state index contributed by atoms with van der Waals surface area (Å²) in [6, 6.07) is 19.5. The molecule has 0 bridgehead atoms. The third-order valence-corrected chi connectivity index (χ3v) is 7.84. The Morgan fingerprint density at radius 2 is 1.50 bits per heavy atom. The van der Waals surface area contributed by atoms with Gasteiger partial charge in [0.25, 0.3) is 10.0 Å². The fraction of sp³-hybridized carbons (Fsp3) is 0.310. The van der Waals surface area contributed by atoms with E-state index in [1.807, 2.05) is 20.8 Å². The number of halogens is 1. The molecule has 9 heteroatoms. The third kappa shape index (κ3) is 7.41. The zero-order valence-electron chi connectivity index (χ0n) is 22.1. The van der Waals surface area contributed by atoms with Gasteiger partial charge < -0.3 is 10.2 Å². The first-order valence-corrected chi connectivity index (χ1v) is 13.9. The molecule has 0 aliphatic rings. The number of hydrogen-bond acceptors (Lipinski definition) is 4. The monoisotopic (exact) mass is 539 g/mol. The first-order valence-electron chi connectivity index (χ1n) is 12.4. The van der Waals surface area contributed by atoms with Crippen LogP contribution in [-0.4, -0.2) is 44.3 Å². The summed E-state index contributed by atoms with van der Waals surface area (Å²) >= 11 is 0. The fourth-order valence-corrected chi connectivity index (χ4v) is 5.20. The average Bonchev–Trinajstić information content (AvgIpc) is 2.90. The number of benzene rings is 3. The zero-order chi connectivity index (χ0) is 27.9. The van der Waals surface area contributed by atoms with E-state index in [1.54, 1.807) is 49.4 Å². The van der Waals surface area contributed by atoms with Crippen molar-refractivity contribution in [3.8, 4) is 0 Å². The molecule has 3 aromatic rings. The van der Waals surface area contributed by atoms with Crippen LogP contribution in [0.15, 0.2) is 83.8 Å². The molecule has 1 atom stereocenters. The number of hydrogen-bond donors (Lipinski definition) is 1. The molecule has 1 N–H and O–H groups in total. The number of sulfonamides is 1. The van der Waals surface area contributed by atoms with Gasteiger partial charge in [0, 0.05) is 13.1 Å². The molecule has 0 heterocycles. The maximum Gasteiger partial charge on any atom is 0.264 e. The van der Waals surface area contributed by atoms with Gasteiger partial charge in [-0.25, -0.2) is 12.8 Å². The quantitative estimate of drug-likeness (QED) is 0.388. The Morgan fingerprint density at radius 1 is 0.895 bits per heavy atom. The smallest absolute Gasteiger partial charge is 0.264 e. The van der Waals surface area contributed by atoms with Crippen LogP contribution in [0.4, 0.5) is 10.1 Å². The Hall–Kier alpha value is -3.72. The summed E-state index contributed by atoms with van der Waals surface area (Å²) < 4.78 is 42.0. The molecule has 0 aliphatic heterocycles. The van der Waals surface area contributed by atoms with E-state index in [0.29, 0.717) is 17.8 Å². The van der Waals surface area contributed by atoms with Crippen molar-refractivity contribution in [1.29, 1.82) is 0 Å². The molecule has 0 fully saturated rings. The first-order chi connectivity index (χ1) is 18.0. The molecule has 0 radical (unpaired) electrons. The Bertz CT molecular complexity index is 1330. The Labute approximate surface area is 224 Å². The summed E-state index contributed by atoms with van der Waals surface area (Å²) in [5.41, 5.74) is 1.83. The standard InChI is InChI=1S/C29H34FN3O4S/c1-21(2)18-31-29(35)23(4)32(19-24-12-14-25(30)15-13-24)28(34)20-33(26-8-6-5-7-9-26)38(36,37)27-16-10-22(3)11-17-27/h5-17,21,23H,18-20H2,1-4H3,(H,31,35). The van der Waals surface area contributed by atoms with E-state index in [9.17, 15) is 22.4 Å². The minimum atomic E-state index is -4.11. The summed E-state index contributed by atoms with van der Waals surface area (Å²) in [4.78, 5) is 28.1. The SMILES string of the molecule is Cc1ccc(S(=O)(=O)N(CC(=O)N(Cc2ccc(F)cc2)C(C)C(=O)NCC(C)C)c2ccccc2)cc1. The van der Waals surface area contributed by atoms with E-state index in [1.165, 1.54) is 41.3 Å². The maximum absolute atomic E-state index is 13.8. The van der Waals surface area contributed by atoms with E-state index in [-0.39, 0.29) is 23.3 Å². The first kappa shape index (κ1) is 28.8. The van der Waals surface area contributed by atoms with Crippen LogP contribution in [0.2, 0.25) is 0 Å². The van der Waals surface area contributed by atoms with E-state index in [0.717, 1.165) is 9.87 Å². The van der Waals surface area contributed by atoms with Crippen LogP contribution in [0, 0.1) is 18.7 Å². The van der Waals surface area contributed by atoms with Crippen molar-refractivity contribution in [2.75, 3.05) is 17.4 Å². The van der Waals surface area contributed by atoms with Gasteiger partial charge in [-0.1, -0.05) is 61.9 Å². The number of nitrogens with zero attached hydrogens (tertiary/aromatic N) is 2. The van der Waals surface area contributed by atoms with Crippen LogP contribution >= 0.6 is 0 Å². The van der Waals surface area contributed by atoms with Gasteiger partial charge >= 0.3 is 0 Å². The highest BCUT2D eigenvalue weighted by Gasteiger charge is 2.32. The molecular weight excluding hydrogens is 505 g/mol. The van der Waals surface area contributed by atoms with Crippen LogP contribution < -0.4 is 9.62 Å². The fourth-order valence-electron chi connectivity index (χ4n) is 3.78. The second kappa shape index (κ2) is 12.7. The second-order valence-electron chi connectivity index (χ2n) is 9.62. The number of carbonyl (C=O) groups excluding carboxylic acids is 2. The Morgan fingerprint density at radius 3 is 2.08 bits per heavy atom. The molecule has 0 aliphatic carbocycles. The zero-order valence-corrected chi connectivity index (χ0v) is 22.9. The van der Waals surface area contributed by atoms with Crippen molar-refractivity contribution in [2.45, 2.75) is 45.2 Å². The summed E-state index contributed by atoms with van der Waals surface area (Å²) in [6.07, 6.45) is 0. The van der Waals surface area contributed by atoms with Gasteiger partial charge in [0.15, 0.2) is 0 Å². The molecule has 38 heavy (non-hydrogen) atoms. The lowest BCUT2D eigenvalue weighted by atomic mass is 10.1. The van der Waals surface area contributed by atoms with E-state index >= 15 is 0 Å². The number of carbonyl (C=O) groups is 2. The van der Waals surface area contributed by atoms with Gasteiger partial charge in [-0.15, -0.1) is 0 Å². The largest absolute Gasteiger partial charge is 0.354 e. The average molecular weight is 540 g/mol. The molecule has 1 unspecified atom stereocenters. The van der Waals surface area contributed by atoms with E-state index < -0.39 is 34.3 Å². The number of amides is 2. The van der Waals surface area contributed by atoms with Gasteiger partial charge in [0.05, 0.1) is 10.6 Å². The maximum atomic E-state index is 13.8. The molecule has 3 rings (SSSR count). The Balaban J connectivity index is 1.97. The van der Waals surface area contributed by atoms with Crippen molar-refractivity contribution in [3.63, 3.8) is 0 Å². The van der Waals surface area contributed by atoms with Crippen molar-refractivity contribution >= 4 is 27.5 Å². The number of nitrogens with one attached hydrogen (secondary N) is 1. The van der Waals surface area contributed by atoms with Crippen molar-refractivity contribution < 1.29 is 22.4 Å². The number of aryl methyl sites for hydroxylation is 1. The minimum absolute atomic E-state index is 0.00257. The molecule has 0 saturated carbocycles. The normalized spacial score (nSPS) is 12.2. The van der Waals surface area contributed by atoms with Crippen LogP contribution in [0.1, 0.15) is 31.9 Å². The van der Waals surface area contributed by atoms with Gasteiger partial charge in [-0.2, -0.15) is 0 Å². The molecule has 3 aromatic carbocycles.